The number of amides is 1. The number of hydrogen-bond donors (Lipinski definition) is 1. The van der Waals surface area contributed by atoms with Crippen LogP contribution in [-0.2, 0) is 17.8 Å². The molecule has 0 aliphatic heterocycles. The molecule has 0 radical (unpaired) electrons. The minimum Gasteiger partial charge on any atom is -0.352 e. The Labute approximate surface area is 137 Å². The number of imidazole rings is 1. The zero-order chi connectivity index (χ0) is 15.6. The number of carbonyl (C=O) groups excluding carboxylic acids is 1. The van der Waals surface area contributed by atoms with E-state index >= 15 is 0 Å². The summed E-state index contributed by atoms with van der Waals surface area (Å²) in [5.74, 6) is -0.0103. The molecule has 0 spiro atoms. The smallest absolute Gasteiger partial charge is 0.226 e. The fourth-order valence-electron chi connectivity index (χ4n) is 2.64. The zero-order valence-corrected chi connectivity index (χ0v) is 13.2. The van der Waals surface area contributed by atoms with E-state index in [2.05, 4.69) is 40.6 Å². The van der Waals surface area contributed by atoms with Gasteiger partial charge in [-0.05, 0) is 22.4 Å². The highest BCUT2D eigenvalue weighted by atomic mass is 32.1. The standard InChI is InChI=1S/C18H15N3OS/c22-17(10-16-12-21-7-8-23-18(21)20-16)19-11-13-5-6-14-3-1-2-4-15(14)9-13/h1-9,12H,10-11H2,(H,19,22). The van der Waals surface area contributed by atoms with Crippen LogP contribution in [0.3, 0.4) is 0 Å². The van der Waals surface area contributed by atoms with Gasteiger partial charge in [-0.2, -0.15) is 0 Å². The van der Waals surface area contributed by atoms with Crippen molar-refractivity contribution in [3.05, 3.63) is 71.5 Å². The number of rotatable bonds is 4. The summed E-state index contributed by atoms with van der Waals surface area (Å²) in [6, 6.07) is 14.5. The molecule has 2 aromatic carbocycles. The highest BCUT2D eigenvalue weighted by molar-refractivity contribution is 7.15. The molecule has 5 heteroatoms. The van der Waals surface area contributed by atoms with Crippen LogP contribution in [0.15, 0.2) is 60.2 Å². The van der Waals surface area contributed by atoms with E-state index in [1.165, 1.54) is 10.8 Å². The van der Waals surface area contributed by atoms with Crippen molar-refractivity contribution in [1.82, 2.24) is 14.7 Å². The maximum Gasteiger partial charge on any atom is 0.226 e. The van der Waals surface area contributed by atoms with Crippen LogP contribution in [0.1, 0.15) is 11.3 Å². The second kappa shape index (κ2) is 5.85. The highest BCUT2D eigenvalue weighted by Gasteiger charge is 2.08. The predicted molar refractivity (Wildman–Crippen MR) is 92.6 cm³/mol. The summed E-state index contributed by atoms with van der Waals surface area (Å²) >= 11 is 1.57. The molecule has 4 nitrogen and oxygen atoms in total. The average molecular weight is 321 g/mol. The van der Waals surface area contributed by atoms with Crippen molar-refractivity contribution in [3.63, 3.8) is 0 Å². The molecule has 0 atom stereocenters. The number of carbonyl (C=O) groups is 1. The number of thiazole rings is 1. The normalized spacial score (nSPS) is 11.1. The van der Waals surface area contributed by atoms with Gasteiger partial charge in [-0.1, -0.05) is 36.4 Å². The van der Waals surface area contributed by atoms with E-state index in [4.69, 9.17) is 0 Å². The first-order chi connectivity index (χ1) is 11.3. The Morgan fingerprint density at radius 3 is 2.91 bits per heavy atom. The van der Waals surface area contributed by atoms with Crippen molar-refractivity contribution in [3.8, 4) is 0 Å². The van der Waals surface area contributed by atoms with Crippen molar-refractivity contribution in [2.24, 2.45) is 0 Å². The topological polar surface area (TPSA) is 46.4 Å². The van der Waals surface area contributed by atoms with Crippen molar-refractivity contribution < 1.29 is 4.79 Å². The number of nitrogens with one attached hydrogen (secondary N) is 1. The van der Waals surface area contributed by atoms with Gasteiger partial charge >= 0.3 is 0 Å². The van der Waals surface area contributed by atoms with Gasteiger partial charge in [0, 0.05) is 24.3 Å². The molecule has 1 amide bonds. The first kappa shape index (κ1) is 14.0. The Bertz CT molecular complexity index is 957. The third-order valence-electron chi connectivity index (χ3n) is 3.79. The summed E-state index contributed by atoms with van der Waals surface area (Å²) in [5, 5.41) is 7.34. The Morgan fingerprint density at radius 2 is 2.04 bits per heavy atom. The lowest BCUT2D eigenvalue weighted by Crippen LogP contribution is -2.24. The van der Waals surface area contributed by atoms with Gasteiger partial charge < -0.3 is 5.32 Å². The van der Waals surface area contributed by atoms with Gasteiger partial charge in [-0.15, -0.1) is 11.3 Å². The summed E-state index contributed by atoms with van der Waals surface area (Å²) in [5.41, 5.74) is 1.90. The second-order valence-electron chi connectivity index (χ2n) is 5.46. The van der Waals surface area contributed by atoms with E-state index in [9.17, 15) is 4.79 Å². The first-order valence-electron chi connectivity index (χ1n) is 7.43. The molecule has 114 valence electrons. The molecule has 23 heavy (non-hydrogen) atoms. The molecule has 0 unspecified atom stereocenters. The lowest BCUT2D eigenvalue weighted by atomic mass is 10.1. The van der Waals surface area contributed by atoms with E-state index in [1.807, 2.05) is 34.3 Å². The van der Waals surface area contributed by atoms with Crippen LogP contribution in [0, 0.1) is 0 Å². The molecule has 0 bridgehead atoms. The summed E-state index contributed by atoms with van der Waals surface area (Å²) in [4.78, 5) is 17.4. The molecule has 1 N–H and O–H groups in total. The van der Waals surface area contributed by atoms with E-state index in [-0.39, 0.29) is 5.91 Å². The van der Waals surface area contributed by atoms with Gasteiger partial charge in [0.25, 0.3) is 0 Å². The van der Waals surface area contributed by atoms with Gasteiger partial charge in [-0.25, -0.2) is 4.98 Å². The fraction of sp³-hybridized carbons (Fsp3) is 0.111. The van der Waals surface area contributed by atoms with Crippen molar-refractivity contribution >= 4 is 33.0 Å². The SMILES string of the molecule is O=C(Cc1cn2ccsc2n1)NCc1ccc2ccccc2c1. The number of fused-ring (bicyclic) bond motifs is 2. The maximum absolute atomic E-state index is 12.1. The molecule has 0 aliphatic rings. The number of aromatic nitrogens is 2. The van der Waals surface area contributed by atoms with Crippen LogP contribution >= 0.6 is 11.3 Å². The van der Waals surface area contributed by atoms with Crippen molar-refractivity contribution in [2.75, 3.05) is 0 Å². The van der Waals surface area contributed by atoms with Gasteiger partial charge in [0.1, 0.15) is 0 Å². The van der Waals surface area contributed by atoms with Crippen LogP contribution in [-0.4, -0.2) is 15.3 Å². The lowest BCUT2D eigenvalue weighted by Gasteiger charge is -2.06. The average Bonchev–Trinajstić information content (AvgIpc) is 3.14. The monoisotopic (exact) mass is 321 g/mol. The van der Waals surface area contributed by atoms with Crippen LogP contribution in [0.5, 0.6) is 0 Å². The molecule has 2 aromatic heterocycles. The third kappa shape index (κ3) is 2.96. The van der Waals surface area contributed by atoms with Crippen LogP contribution in [0.25, 0.3) is 15.7 Å². The number of hydrogen-bond acceptors (Lipinski definition) is 3. The minimum absolute atomic E-state index is 0.0103. The second-order valence-corrected chi connectivity index (χ2v) is 6.33. The first-order valence-corrected chi connectivity index (χ1v) is 8.31. The largest absolute Gasteiger partial charge is 0.352 e. The fourth-order valence-corrected chi connectivity index (χ4v) is 3.36. The molecule has 0 saturated heterocycles. The minimum atomic E-state index is -0.0103. The van der Waals surface area contributed by atoms with Gasteiger partial charge in [-0.3, -0.25) is 9.20 Å². The molecule has 0 aliphatic carbocycles. The van der Waals surface area contributed by atoms with Gasteiger partial charge in [0.15, 0.2) is 4.96 Å². The molecular formula is C18H15N3OS. The molecule has 0 fully saturated rings. The van der Waals surface area contributed by atoms with Crippen molar-refractivity contribution in [2.45, 2.75) is 13.0 Å². The van der Waals surface area contributed by atoms with Gasteiger partial charge in [0.05, 0.1) is 12.1 Å². The molecule has 4 aromatic rings. The Hall–Kier alpha value is -2.66. The van der Waals surface area contributed by atoms with Crippen LogP contribution in [0.2, 0.25) is 0 Å². The Kier molecular flexibility index (Phi) is 3.55. The Balaban J connectivity index is 1.41. The molecular weight excluding hydrogens is 306 g/mol. The van der Waals surface area contributed by atoms with Gasteiger partial charge in [0.2, 0.25) is 5.91 Å². The zero-order valence-electron chi connectivity index (χ0n) is 12.4. The molecule has 0 saturated carbocycles. The van der Waals surface area contributed by atoms with E-state index in [0.29, 0.717) is 13.0 Å². The predicted octanol–water partition coefficient (Wildman–Crippen LogP) is 3.41. The molecule has 2 heterocycles. The lowest BCUT2D eigenvalue weighted by molar-refractivity contribution is -0.120. The van der Waals surface area contributed by atoms with Crippen molar-refractivity contribution in [1.29, 1.82) is 0 Å². The summed E-state index contributed by atoms with van der Waals surface area (Å²) in [6.07, 6.45) is 4.16. The number of benzene rings is 2. The Morgan fingerprint density at radius 1 is 1.17 bits per heavy atom. The molecule has 4 rings (SSSR count). The summed E-state index contributed by atoms with van der Waals surface area (Å²) in [7, 11) is 0. The van der Waals surface area contributed by atoms with Crippen LogP contribution < -0.4 is 5.32 Å². The number of nitrogens with zero attached hydrogens (tertiary/aromatic N) is 2. The highest BCUT2D eigenvalue weighted by Crippen LogP contribution is 2.15. The van der Waals surface area contributed by atoms with E-state index < -0.39 is 0 Å². The maximum atomic E-state index is 12.1. The van der Waals surface area contributed by atoms with Crippen LogP contribution in [0.4, 0.5) is 0 Å². The summed E-state index contributed by atoms with van der Waals surface area (Å²) < 4.78 is 1.94. The third-order valence-corrected chi connectivity index (χ3v) is 4.56. The van der Waals surface area contributed by atoms with E-state index in [1.54, 1.807) is 11.3 Å². The quantitative estimate of drug-likeness (QED) is 0.626. The summed E-state index contributed by atoms with van der Waals surface area (Å²) in [6.45, 7) is 0.534. The van der Waals surface area contributed by atoms with E-state index in [0.717, 1.165) is 16.2 Å².